The summed E-state index contributed by atoms with van der Waals surface area (Å²) in [7, 11) is 0. The average Bonchev–Trinajstić information content (AvgIpc) is 2.26. The molecule has 0 aromatic heterocycles. The van der Waals surface area contributed by atoms with Crippen molar-refractivity contribution in [1.82, 2.24) is 0 Å². The van der Waals surface area contributed by atoms with E-state index < -0.39 is 37.4 Å². The SMILES string of the molecule is O=C(OOOC(=O)C(O)CO)C(O)CO. The van der Waals surface area contributed by atoms with E-state index in [0.717, 1.165) is 0 Å². The van der Waals surface area contributed by atoms with Crippen molar-refractivity contribution in [3.8, 4) is 0 Å². The Balaban J connectivity index is 3.70. The van der Waals surface area contributed by atoms with Crippen molar-refractivity contribution in [1.29, 1.82) is 0 Å². The molecular formula is C6H10O9. The molecule has 2 atom stereocenters. The van der Waals surface area contributed by atoms with Gasteiger partial charge in [-0.05, 0) is 0 Å². The molecule has 0 aliphatic heterocycles. The number of carbonyl (C=O) groups is 2. The summed E-state index contributed by atoms with van der Waals surface area (Å²) < 4.78 is 0. The third kappa shape index (κ3) is 5.24. The average molecular weight is 226 g/mol. The molecule has 2 unspecified atom stereocenters. The number of carbonyl (C=O) groups excluding carboxylic acids is 2. The van der Waals surface area contributed by atoms with E-state index >= 15 is 0 Å². The van der Waals surface area contributed by atoms with Crippen molar-refractivity contribution < 1.29 is 44.8 Å². The molecule has 0 fully saturated rings. The van der Waals surface area contributed by atoms with Gasteiger partial charge in [0.2, 0.25) is 0 Å². The molecule has 88 valence electrons. The number of hydrogen-bond donors (Lipinski definition) is 4. The maximum atomic E-state index is 10.5. The maximum Gasteiger partial charge on any atom is 0.377 e. The third-order valence-corrected chi connectivity index (χ3v) is 1.12. The third-order valence-electron chi connectivity index (χ3n) is 1.12. The molecule has 0 rings (SSSR count). The molecule has 0 radical (unpaired) electrons. The fraction of sp³-hybridized carbons (Fsp3) is 0.667. The number of aliphatic hydroxyl groups is 4. The fourth-order valence-corrected chi connectivity index (χ4v) is 0.344. The Hall–Kier alpha value is -1.26. The van der Waals surface area contributed by atoms with Crippen LogP contribution in [-0.4, -0.2) is 57.8 Å². The summed E-state index contributed by atoms with van der Waals surface area (Å²) in [5, 5.41) is 37.3. The molecule has 0 bridgehead atoms. The molecular weight excluding hydrogens is 216 g/mol. The molecule has 0 heterocycles. The van der Waals surface area contributed by atoms with Gasteiger partial charge in [-0.15, -0.1) is 0 Å². The van der Waals surface area contributed by atoms with Gasteiger partial charge in [-0.2, -0.15) is 0 Å². The van der Waals surface area contributed by atoms with Crippen molar-refractivity contribution in [2.75, 3.05) is 13.2 Å². The second-order valence-electron chi connectivity index (χ2n) is 2.27. The molecule has 9 heteroatoms. The highest BCUT2D eigenvalue weighted by Gasteiger charge is 2.20. The lowest BCUT2D eigenvalue weighted by Crippen LogP contribution is -2.30. The zero-order chi connectivity index (χ0) is 11.8. The van der Waals surface area contributed by atoms with E-state index in [-0.39, 0.29) is 0 Å². The highest BCUT2D eigenvalue weighted by molar-refractivity contribution is 5.74. The smallest absolute Gasteiger partial charge is 0.377 e. The van der Waals surface area contributed by atoms with Crippen LogP contribution in [0.15, 0.2) is 0 Å². The van der Waals surface area contributed by atoms with Gasteiger partial charge in [-0.25, -0.2) is 9.59 Å². The predicted molar refractivity (Wildman–Crippen MR) is 39.5 cm³/mol. The Morgan fingerprint density at radius 3 is 1.53 bits per heavy atom. The molecule has 15 heavy (non-hydrogen) atoms. The second-order valence-corrected chi connectivity index (χ2v) is 2.27. The van der Waals surface area contributed by atoms with E-state index in [1.54, 1.807) is 0 Å². The molecule has 0 saturated heterocycles. The van der Waals surface area contributed by atoms with Crippen LogP contribution in [0.1, 0.15) is 0 Å². The van der Waals surface area contributed by atoms with Crippen LogP contribution in [0.2, 0.25) is 0 Å². The number of hydrogen-bond acceptors (Lipinski definition) is 9. The van der Waals surface area contributed by atoms with Crippen molar-refractivity contribution in [2.45, 2.75) is 12.2 Å². The Kier molecular flexibility index (Phi) is 6.49. The lowest BCUT2D eigenvalue weighted by Gasteiger charge is -2.06. The summed E-state index contributed by atoms with van der Waals surface area (Å²) in [5.74, 6) is -2.77. The van der Waals surface area contributed by atoms with Crippen LogP contribution in [0.3, 0.4) is 0 Å². The number of rotatable bonds is 6. The van der Waals surface area contributed by atoms with Gasteiger partial charge in [0.05, 0.1) is 13.2 Å². The molecule has 0 spiro atoms. The van der Waals surface area contributed by atoms with Gasteiger partial charge in [0.25, 0.3) is 0 Å². The van der Waals surface area contributed by atoms with Crippen molar-refractivity contribution in [3.05, 3.63) is 0 Å². The minimum Gasteiger partial charge on any atom is -0.393 e. The van der Waals surface area contributed by atoms with E-state index in [9.17, 15) is 9.59 Å². The minimum atomic E-state index is -1.83. The fourth-order valence-electron chi connectivity index (χ4n) is 0.344. The maximum absolute atomic E-state index is 10.5. The highest BCUT2D eigenvalue weighted by atomic mass is 17.5. The van der Waals surface area contributed by atoms with E-state index in [4.69, 9.17) is 20.4 Å². The highest BCUT2D eigenvalue weighted by Crippen LogP contribution is 1.93. The summed E-state index contributed by atoms with van der Waals surface area (Å²) in [4.78, 5) is 28.4. The lowest BCUT2D eigenvalue weighted by atomic mass is 10.4. The van der Waals surface area contributed by atoms with Gasteiger partial charge >= 0.3 is 11.9 Å². The Labute approximate surface area is 83.3 Å². The Morgan fingerprint density at radius 1 is 0.933 bits per heavy atom. The van der Waals surface area contributed by atoms with Crippen LogP contribution >= 0.6 is 0 Å². The van der Waals surface area contributed by atoms with Gasteiger partial charge in [-0.1, -0.05) is 0 Å². The molecule has 0 aromatic carbocycles. The predicted octanol–water partition coefficient (Wildman–Crippen LogP) is -3.37. The molecule has 9 nitrogen and oxygen atoms in total. The van der Waals surface area contributed by atoms with E-state index in [0.29, 0.717) is 0 Å². The molecule has 0 aliphatic carbocycles. The Bertz CT molecular complexity index is 193. The monoisotopic (exact) mass is 226 g/mol. The Morgan fingerprint density at radius 2 is 1.27 bits per heavy atom. The first kappa shape index (κ1) is 13.7. The van der Waals surface area contributed by atoms with Gasteiger partial charge in [0, 0.05) is 5.04 Å². The van der Waals surface area contributed by atoms with Crippen molar-refractivity contribution in [2.24, 2.45) is 0 Å². The van der Waals surface area contributed by atoms with Crippen LogP contribution < -0.4 is 0 Å². The zero-order valence-corrected chi connectivity index (χ0v) is 7.40. The normalized spacial score (nSPS) is 14.1. The summed E-state index contributed by atoms with van der Waals surface area (Å²) in [6.07, 6.45) is -3.65. The molecule has 0 saturated carbocycles. The van der Waals surface area contributed by atoms with Crippen LogP contribution in [0.4, 0.5) is 0 Å². The first-order valence-electron chi connectivity index (χ1n) is 3.69. The summed E-state index contributed by atoms with van der Waals surface area (Å²) in [6.45, 7) is -1.79. The van der Waals surface area contributed by atoms with Gasteiger partial charge in [0.1, 0.15) is 0 Å². The van der Waals surface area contributed by atoms with Crippen molar-refractivity contribution in [3.63, 3.8) is 0 Å². The summed E-state index contributed by atoms with van der Waals surface area (Å²) in [6, 6.07) is 0. The first-order valence-corrected chi connectivity index (χ1v) is 3.69. The second kappa shape index (κ2) is 7.09. The topological polar surface area (TPSA) is 143 Å². The summed E-state index contributed by atoms with van der Waals surface area (Å²) in [5.41, 5.74) is 0. The van der Waals surface area contributed by atoms with Crippen LogP contribution in [0, 0.1) is 0 Å². The largest absolute Gasteiger partial charge is 0.393 e. The number of aliphatic hydroxyl groups excluding tert-OH is 4. The van der Waals surface area contributed by atoms with E-state index in [2.05, 4.69) is 14.8 Å². The lowest BCUT2D eigenvalue weighted by molar-refractivity contribution is -0.463. The molecule has 4 N–H and O–H groups in total. The van der Waals surface area contributed by atoms with Gasteiger partial charge in [0.15, 0.2) is 12.2 Å². The summed E-state index contributed by atoms with van der Waals surface area (Å²) >= 11 is 0. The zero-order valence-electron chi connectivity index (χ0n) is 7.40. The standard InChI is InChI=1S/C6H10O9/c7-1-3(9)5(11)13-15-14-6(12)4(10)2-8/h3-4,7-10H,1-2H2. The van der Waals surface area contributed by atoms with Gasteiger partial charge in [-0.3, -0.25) is 9.78 Å². The van der Waals surface area contributed by atoms with Gasteiger partial charge < -0.3 is 20.4 Å². The molecule has 0 aromatic rings. The van der Waals surface area contributed by atoms with E-state index in [1.165, 1.54) is 0 Å². The van der Waals surface area contributed by atoms with Crippen molar-refractivity contribution >= 4 is 11.9 Å². The van der Waals surface area contributed by atoms with Crippen LogP contribution in [-0.2, 0) is 24.4 Å². The molecule has 0 aliphatic rings. The van der Waals surface area contributed by atoms with Crippen LogP contribution in [0.5, 0.6) is 0 Å². The van der Waals surface area contributed by atoms with Crippen LogP contribution in [0.25, 0.3) is 0 Å². The van der Waals surface area contributed by atoms with E-state index in [1.807, 2.05) is 0 Å². The first-order chi connectivity index (χ1) is 7.02. The quantitative estimate of drug-likeness (QED) is 0.269. The molecule has 0 amide bonds. The minimum absolute atomic E-state index is 0.893.